The normalized spacial score (nSPS) is 14.7. The summed E-state index contributed by atoms with van der Waals surface area (Å²) in [4.78, 5) is 14.7. The van der Waals surface area contributed by atoms with Gasteiger partial charge in [-0.25, -0.2) is 4.79 Å². The summed E-state index contributed by atoms with van der Waals surface area (Å²) in [5.41, 5.74) is 1.12. The molecule has 1 aromatic carbocycles. The van der Waals surface area contributed by atoms with Crippen LogP contribution in [0.15, 0.2) is 23.1 Å². The number of hydrogen-bond acceptors (Lipinski definition) is 4. The molecule has 0 N–H and O–H groups in total. The van der Waals surface area contributed by atoms with Gasteiger partial charge in [0.2, 0.25) is 0 Å². The van der Waals surface area contributed by atoms with Crippen molar-refractivity contribution in [2.24, 2.45) is 0 Å². The molecular formula is C13H17NO3S. The fraction of sp³-hybridized carbons (Fsp3) is 0.462. The van der Waals surface area contributed by atoms with Crippen LogP contribution in [-0.2, 0) is 11.3 Å². The summed E-state index contributed by atoms with van der Waals surface area (Å²) in [7, 11) is 1.65. The highest BCUT2D eigenvalue weighted by Crippen LogP contribution is 2.30. The average molecular weight is 267 g/mol. The first-order valence-corrected chi connectivity index (χ1v) is 6.94. The molecule has 0 unspecified atom stereocenters. The van der Waals surface area contributed by atoms with Crippen molar-refractivity contribution in [3.63, 3.8) is 0 Å². The predicted molar refractivity (Wildman–Crippen MR) is 71.2 cm³/mol. The molecule has 1 aliphatic rings. The van der Waals surface area contributed by atoms with Gasteiger partial charge in [-0.15, -0.1) is 11.8 Å². The number of rotatable bonds is 2. The van der Waals surface area contributed by atoms with E-state index in [0.29, 0.717) is 19.7 Å². The molecule has 5 heteroatoms. The Kier molecular flexibility index (Phi) is 4.36. The van der Waals surface area contributed by atoms with Crippen molar-refractivity contribution in [3.05, 3.63) is 23.8 Å². The third-order valence-corrected chi connectivity index (χ3v) is 3.87. The maximum Gasteiger partial charge on any atom is 0.410 e. The standard InChI is InChI=1S/C13H17NO3S/c1-3-17-13(15)14-6-7-18-12-5-4-11(16-2)8-10(12)9-14/h4-5,8H,3,6-7,9H2,1-2H3. The Labute approximate surface area is 111 Å². The molecule has 1 aromatic rings. The number of ether oxygens (including phenoxy) is 2. The Morgan fingerprint density at radius 1 is 1.50 bits per heavy atom. The number of thioether (sulfide) groups is 1. The molecule has 2 rings (SSSR count). The molecule has 0 aliphatic carbocycles. The van der Waals surface area contributed by atoms with Gasteiger partial charge < -0.3 is 14.4 Å². The highest BCUT2D eigenvalue weighted by atomic mass is 32.2. The highest BCUT2D eigenvalue weighted by Gasteiger charge is 2.20. The minimum absolute atomic E-state index is 0.242. The van der Waals surface area contributed by atoms with Crippen LogP contribution in [0.1, 0.15) is 12.5 Å². The van der Waals surface area contributed by atoms with Crippen molar-refractivity contribution in [3.8, 4) is 5.75 Å². The number of nitrogens with zero attached hydrogens (tertiary/aromatic N) is 1. The molecule has 1 aliphatic heterocycles. The minimum atomic E-state index is -0.242. The van der Waals surface area contributed by atoms with E-state index in [1.807, 2.05) is 25.1 Å². The van der Waals surface area contributed by atoms with Crippen LogP contribution >= 0.6 is 11.8 Å². The van der Waals surface area contributed by atoms with E-state index in [1.165, 1.54) is 4.90 Å². The van der Waals surface area contributed by atoms with E-state index in [4.69, 9.17) is 9.47 Å². The van der Waals surface area contributed by atoms with Crippen LogP contribution in [0.5, 0.6) is 5.75 Å². The molecule has 0 radical (unpaired) electrons. The van der Waals surface area contributed by atoms with E-state index in [-0.39, 0.29) is 6.09 Å². The zero-order chi connectivity index (χ0) is 13.0. The van der Waals surface area contributed by atoms with Gasteiger partial charge in [-0.05, 0) is 30.7 Å². The van der Waals surface area contributed by atoms with E-state index >= 15 is 0 Å². The maximum absolute atomic E-state index is 11.8. The number of benzene rings is 1. The third-order valence-electron chi connectivity index (χ3n) is 2.77. The van der Waals surface area contributed by atoms with Gasteiger partial charge in [0, 0.05) is 17.2 Å². The van der Waals surface area contributed by atoms with Crippen LogP contribution in [0.3, 0.4) is 0 Å². The Morgan fingerprint density at radius 3 is 3.06 bits per heavy atom. The van der Waals surface area contributed by atoms with Crippen molar-refractivity contribution in [2.45, 2.75) is 18.4 Å². The second-order valence-electron chi connectivity index (χ2n) is 3.94. The Balaban J connectivity index is 2.19. The van der Waals surface area contributed by atoms with Gasteiger partial charge >= 0.3 is 6.09 Å². The Morgan fingerprint density at radius 2 is 2.33 bits per heavy atom. The molecule has 98 valence electrons. The molecule has 0 bridgehead atoms. The number of fused-ring (bicyclic) bond motifs is 1. The summed E-state index contributed by atoms with van der Waals surface area (Å²) >= 11 is 1.76. The Bertz CT molecular complexity index is 436. The first-order valence-electron chi connectivity index (χ1n) is 5.96. The van der Waals surface area contributed by atoms with Crippen molar-refractivity contribution >= 4 is 17.9 Å². The van der Waals surface area contributed by atoms with E-state index in [9.17, 15) is 4.79 Å². The molecular weight excluding hydrogens is 250 g/mol. The maximum atomic E-state index is 11.8. The first-order chi connectivity index (χ1) is 8.74. The summed E-state index contributed by atoms with van der Waals surface area (Å²) < 4.78 is 10.3. The van der Waals surface area contributed by atoms with Gasteiger partial charge in [0.1, 0.15) is 5.75 Å². The van der Waals surface area contributed by atoms with Crippen LogP contribution in [-0.4, -0.2) is 37.0 Å². The highest BCUT2D eigenvalue weighted by molar-refractivity contribution is 7.99. The molecule has 1 amide bonds. The van der Waals surface area contributed by atoms with E-state index in [1.54, 1.807) is 23.8 Å². The minimum Gasteiger partial charge on any atom is -0.497 e. The molecule has 0 atom stereocenters. The zero-order valence-corrected chi connectivity index (χ0v) is 11.5. The van der Waals surface area contributed by atoms with Crippen molar-refractivity contribution in [1.82, 2.24) is 4.90 Å². The first kappa shape index (κ1) is 13.1. The van der Waals surface area contributed by atoms with E-state index < -0.39 is 0 Å². The van der Waals surface area contributed by atoms with Crippen LogP contribution in [0.25, 0.3) is 0 Å². The molecule has 0 aromatic heterocycles. The molecule has 1 heterocycles. The van der Waals surface area contributed by atoms with Gasteiger partial charge in [0.15, 0.2) is 0 Å². The summed E-state index contributed by atoms with van der Waals surface area (Å²) in [6.07, 6.45) is -0.242. The summed E-state index contributed by atoms with van der Waals surface area (Å²) in [6.45, 7) is 3.52. The monoisotopic (exact) mass is 267 g/mol. The lowest BCUT2D eigenvalue weighted by atomic mass is 10.2. The summed E-state index contributed by atoms with van der Waals surface area (Å²) in [5.74, 6) is 1.71. The largest absolute Gasteiger partial charge is 0.497 e. The zero-order valence-electron chi connectivity index (χ0n) is 10.6. The van der Waals surface area contributed by atoms with Crippen LogP contribution < -0.4 is 4.74 Å². The van der Waals surface area contributed by atoms with Crippen LogP contribution in [0.2, 0.25) is 0 Å². The van der Waals surface area contributed by atoms with Gasteiger partial charge in [0.05, 0.1) is 20.3 Å². The second kappa shape index (κ2) is 6.00. The van der Waals surface area contributed by atoms with E-state index in [2.05, 4.69) is 0 Å². The van der Waals surface area contributed by atoms with Crippen LogP contribution in [0, 0.1) is 0 Å². The lowest BCUT2D eigenvalue weighted by Crippen LogP contribution is -2.32. The van der Waals surface area contributed by atoms with Crippen molar-refractivity contribution < 1.29 is 14.3 Å². The number of methoxy groups -OCH3 is 1. The van der Waals surface area contributed by atoms with Gasteiger partial charge in [-0.1, -0.05) is 0 Å². The van der Waals surface area contributed by atoms with Gasteiger partial charge in [-0.2, -0.15) is 0 Å². The molecule has 18 heavy (non-hydrogen) atoms. The topological polar surface area (TPSA) is 38.8 Å². The summed E-state index contributed by atoms with van der Waals surface area (Å²) in [5, 5.41) is 0. The molecule has 0 spiro atoms. The average Bonchev–Trinajstić information content (AvgIpc) is 2.60. The number of carbonyl (C=O) groups excluding carboxylic acids is 1. The predicted octanol–water partition coefficient (Wildman–Crippen LogP) is 2.76. The fourth-order valence-electron chi connectivity index (χ4n) is 1.87. The second-order valence-corrected chi connectivity index (χ2v) is 5.08. The smallest absolute Gasteiger partial charge is 0.410 e. The fourth-order valence-corrected chi connectivity index (χ4v) is 2.87. The molecule has 0 saturated heterocycles. The number of amides is 1. The lowest BCUT2D eigenvalue weighted by molar-refractivity contribution is 0.107. The summed E-state index contributed by atoms with van der Waals surface area (Å²) in [6, 6.07) is 5.99. The number of hydrogen-bond donors (Lipinski definition) is 0. The lowest BCUT2D eigenvalue weighted by Gasteiger charge is -2.19. The van der Waals surface area contributed by atoms with Gasteiger partial charge in [0.25, 0.3) is 0 Å². The molecule has 4 nitrogen and oxygen atoms in total. The van der Waals surface area contributed by atoms with Crippen molar-refractivity contribution in [2.75, 3.05) is 26.0 Å². The quantitative estimate of drug-likeness (QED) is 0.826. The van der Waals surface area contributed by atoms with E-state index in [0.717, 1.165) is 17.1 Å². The Hall–Kier alpha value is -1.36. The number of carbonyl (C=O) groups is 1. The third kappa shape index (κ3) is 2.90. The van der Waals surface area contributed by atoms with Gasteiger partial charge in [-0.3, -0.25) is 0 Å². The van der Waals surface area contributed by atoms with Crippen molar-refractivity contribution in [1.29, 1.82) is 0 Å². The molecule has 0 fully saturated rings. The molecule has 0 saturated carbocycles. The SMILES string of the molecule is CCOC(=O)N1CCSc2ccc(OC)cc2C1. The van der Waals surface area contributed by atoms with Crippen LogP contribution in [0.4, 0.5) is 4.79 Å².